The van der Waals surface area contributed by atoms with Crippen LogP contribution in [0.15, 0.2) is 182 Å². The van der Waals surface area contributed by atoms with Gasteiger partial charge in [-0.3, -0.25) is 0 Å². The van der Waals surface area contributed by atoms with Crippen molar-refractivity contribution in [2.24, 2.45) is 0 Å². The zero-order valence-electron chi connectivity index (χ0n) is 52.4. The Morgan fingerprint density at radius 3 is 0.741 bits per heavy atom. The molecule has 0 atom stereocenters. The minimum Gasteiger partial charge on any atom is -0.310 e. The summed E-state index contributed by atoms with van der Waals surface area (Å²) in [6.07, 6.45) is 11.4. The molecule has 13 rings (SSSR count). The SMILES string of the molecule is CCC1(CC)c2cc(/C=C/c3ccc4c(c3)C(C)(C)c3cc(N(c5cc(C)cc(C)c5)c5cc(C)cc(C)c5)ccc3-4)ccc2-c2ccc(/C=C/c3ccc4c(c3)C(C)(C)c3cc(N(c5cc(C)cc(C)c5)c5cc(C)cc(C)c5)ccc3-4)cc21. The Hall–Kier alpha value is -8.72. The highest BCUT2D eigenvalue weighted by atomic mass is 15.1. The molecule has 10 aromatic rings. The Bertz CT molecular complexity index is 3970. The van der Waals surface area contributed by atoms with Crippen LogP contribution in [0.3, 0.4) is 0 Å². The second-order valence-corrected chi connectivity index (χ2v) is 26.4. The number of benzene rings is 10. The minimum atomic E-state index is -0.181. The van der Waals surface area contributed by atoms with Gasteiger partial charge in [0.05, 0.1) is 0 Å². The Morgan fingerprint density at radius 1 is 0.259 bits per heavy atom. The zero-order chi connectivity index (χ0) is 59.4. The van der Waals surface area contributed by atoms with Gasteiger partial charge >= 0.3 is 0 Å². The van der Waals surface area contributed by atoms with E-state index < -0.39 is 0 Å². The molecule has 2 heteroatoms. The monoisotopic (exact) mass is 1100 g/mol. The molecule has 0 aliphatic heterocycles. The first-order valence-corrected chi connectivity index (χ1v) is 30.9. The molecular formula is C83H80N2. The van der Waals surface area contributed by atoms with Gasteiger partial charge in [-0.25, -0.2) is 0 Å². The third-order valence-electron chi connectivity index (χ3n) is 19.3. The first-order chi connectivity index (χ1) is 40.7. The summed E-state index contributed by atoms with van der Waals surface area (Å²) in [6, 6.07) is 70.4. The van der Waals surface area contributed by atoms with Gasteiger partial charge in [-0.1, -0.05) is 175 Å². The van der Waals surface area contributed by atoms with Crippen molar-refractivity contribution < 1.29 is 0 Å². The van der Waals surface area contributed by atoms with Crippen molar-refractivity contribution in [3.63, 3.8) is 0 Å². The van der Waals surface area contributed by atoms with Crippen molar-refractivity contribution in [2.75, 3.05) is 9.80 Å². The maximum Gasteiger partial charge on any atom is 0.0466 e. The second-order valence-electron chi connectivity index (χ2n) is 26.4. The van der Waals surface area contributed by atoms with Gasteiger partial charge in [0.15, 0.2) is 0 Å². The van der Waals surface area contributed by atoms with Gasteiger partial charge in [0.1, 0.15) is 0 Å². The first-order valence-electron chi connectivity index (χ1n) is 30.9. The molecule has 85 heavy (non-hydrogen) atoms. The van der Waals surface area contributed by atoms with Crippen LogP contribution >= 0.6 is 0 Å². The van der Waals surface area contributed by atoms with Crippen molar-refractivity contribution in [2.45, 2.75) is 126 Å². The van der Waals surface area contributed by atoms with E-state index in [1.165, 1.54) is 168 Å². The fraction of sp³-hybridized carbons (Fsp3) is 0.229. The third kappa shape index (κ3) is 9.59. The molecule has 422 valence electrons. The highest BCUT2D eigenvalue weighted by molar-refractivity contribution is 5.91. The first kappa shape index (κ1) is 55.5. The van der Waals surface area contributed by atoms with Gasteiger partial charge in [0.25, 0.3) is 0 Å². The van der Waals surface area contributed by atoms with Crippen molar-refractivity contribution in [1.29, 1.82) is 0 Å². The summed E-state index contributed by atoms with van der Waals surface area (Å²) in [7, 11) is 0. The molecule has 0 N–H and O–H groups in total. The summed E-state index contributed by atoms with van der Waals surface area (Å²) in [5.74, 6) is 0. The Balaban J connectivity index is 0.754. The molecule has 0 aromatic heterocycles. The standard InChI is InChI=1S/C83H80N2/c1-15-83(16-2)79-47-61(19-17-59-21-27-69-71-31-25-63(49-77(71)81(11,12)75(69)45-59)84(65-37-51(3)33-52(4)38-65)66-39-53(5)34-54(6)40-66)23-29-73(79)74-30-24-62(48-80(74)83)20-18-60-22-28-70-72-32-26-64(50-78(72)82(13,14)76(70)46-60)85(67-41-55(7)35-56(8)42-67)68-43-57(9)36-58(10)44-68/h17-50H,15-16H2,1-14H3/b19-17+,20-18+. The maximum absolute atomic E-state index is 2.48. The van der Waals surface area contributed by atoms with Gasteiger partial charge in [-0.15, -0.1) is 0 Å². The number of fused-ring (bicyclic) bond motifs is 9. The number of aryl methyl sites for hydroxylation is 8. The smallest absolute Gasteiger partial charge is 0.0466 e. The van der Waals surface area contributed by atoms with Crippen LogP contribution in [0.25, 0.3) is 57.7 Å². The van der Waals surface area contributed by atoms with Gasteiger partial charge < -0.3 is 9.80 Å². The molecule has 0 bridgehead atoms. The molecule has 3 aliphatic carbocycles. The molecule has 10 aromatic carbocycles. The van der Waals surface area contributed by atoms with Crippen LogP contribution < -0.4 is 9.80 Å². The predicted octanol–water partition coefficient (Wildman–Crippen LogP) is 23.1. The van der Waals surface area contributed by atoms with Crippen LogP contribution in [0.5, 0.6) is 0 Å². The molecule has 0 heterocycles. The lowest BCUT2D eigenvalue weighted by Crippen LogP contribution is -2.23. The zero-order valence-corrected chi connectivity index (χ0v) is 52.4. The van der Waals surface area contributed by atoms with Crippen LogP contribution in [-0.2, 0) is 16.2 Å². The number of hydrogen-bond acceptors (Lipinski definition) is 2. The second kappa shape index (κ2) is 20.8. The van der Waals surface area contributed by atoms with E-state index in [1.807, 2.05) is 0 Å². The normalized spacial score (nSPS) is 14.5. The topological polar surface area (TPSA) is 6.48 Å². The van der Waals surface area contributed by atoms with Crippen molar-refractivity contribution in [1.82, 2.24) is 0 Å². The summed E-state index contributed by atoms with van der Waals surface area (Å²) >= 11 is 0. The molecule has 0 unspecified atom stereocenters. The molecule has 2 nitrogen and oxygen atoms in total. The van der Waals surface area contributed by atoms with Crippen molar-refractivity contribution in [3.8, 4) is 33.4 Å². The van der Waals surface area contributed by atoms with Crippen molar-refractivity contribution in [3.05, 3.63) is 282 Å². The molecule has 0 saturated carbocycles. The summed E-state index contributed by atoms with van der Waals surface area (Å²) in [6.45, 7) is 31.9. The van der Waals surface area contributed by atoms with E-state index in [9.17, 15) is 0 Å². The lowest BCUT2D eigenvalue weighted by Gasteiger charge is -2.30. The fourth-order valence-corrected chi connectivity index (χ4v) is 15.3. The predicted molar refractivity (Wildman–Crippen MR) is 366 cm³/mol. The van der Waals surface area contributed by atoms with E-state index >= 15 is 0 Å². The molecule has 0 spiro atoms. The summed E-state index contributed by atoms with van der Waals surface area (Å²) < 4.78 is 0. The van der Waals surface area contributed by atoms with E-state index in [0.717, 1.165) is 12.8 Å². The van der Waals surface area contributed by atoms with Crippen LogP contribution in [0, 0.1) is 55.4 Å². The summed E-state index contributed by atoms with van der Waals surface area (Å²) in [5.41, 5.74) is 38.2. The lowest BCUT2D eigenvalue weighted by atomic mass is 9.73. The fourth-order valence-electron chi connectivity index (χ4n) is 15.3. The maximum atomic E-state index is 2.48. The van der Waals surface area contributed by atoms with E-state index in [4.69, 9.17) is 0 Å². The number of anilines is 6. The minimum absolute atomic E-state index is 0.0688. The van der Waals surface area contributed by atoms with Crippen LogP contribution in [0.1, 0.15) is 155 Å². The Morgan fingerprint density at radius 2 is 0.482 bits per heavy atom. The van der Waals surface area contributed by atoms with Gasteiger partial charge in [-0.05, 0) is 275 Å². The van der Waals surface area contributed by atoms with Crippen LogP contribution in [-0.4, -0.2) is 0 Å². The molecule has 0 fully saturated rings. The highest BCUT2D eigenvalue weighted by Crippen LogP contribution is 2.56. The Kier molecular flexibility index (Phi) is 13.6. The molecule has 3 aliphatic rings. The van der Waals surface area contributed by atoms with Crippen LogP contribution in [0.4, 0.5) is 34.1 Å². The van der Waals surface area contributed by atoms with E-state index in [1.54, 1.807) is 0 Å². The molecular weight excluding hydrogens is 1020 g/mol. The largest absolute Gasteiger partial charge is 0.310 e. The van der Waals surface area contributed by atoms with Gasteiger partial charge in [0.2, 0.25) is 0 Å². The van der Waals surface area contributed by atoms with E-state index in [-0.39, 0.29) is 16.2 Å². The van der Waals surface area contributed by atoms with Crippen LogP contribution in [0.2, 0.25) is 0 Å². The third-order valence-corrected chi connectivity index (χ3v) is 19.3. The Labute approximate surface area is 506 Å². The summed E-state index contributed by atoms with van der Waals surface area (Å²) in [5, 5.41) is 0. The highest BCUT2D eigenvalue weighted by Gasteiger charge is 2.41. The number of hydrogen-bond donors (Lipinski definition) is 0. The molecule has 0 saturated heterocycles. The van der Waals surface area contributed by atoms with Gasteiger partial charge in [0, 0.05) is 50.4 Å². The van der Waals surface area contributed by atoms with Gasteiger partial charge in [-0.2, -0.15) is 0 Å². The molecule has 0 radical (unpaired) electrons. The average molecular weight is 1110 g/mol. The number of rotatable bonds is 12. The summed E-state index contributed by atoms with van der Waals surface area (Å²) in [4.78, 5) is 4.90. The van der Waals surface area contributed by atoms with E-state index in [2.05, 4.69) is 313 Å². The molecule has 0 amide bonds. The lowest BCUT2D eigenvalue weighted by molar-refractivity contribution is 0.490. The average Bonchev–Trinajstić information content (AvgIpc) is 1.68. The number of nitrogens with zero attached hydrogens (tertiary/aromatic N) is 2. The quantitative estimate of drug-likeness (QED) is 0.113. The van der Waals surface area contributed by atoms with Crippen molar-refractivity contribution >= 4 is 58.4 Å². The van der Waals surface area contributed by atoms with E-state index in [0.29, 0.717) is 0 Å².